The van der Waals surface area contributed by atoms with Crippen LogP contribution in [0.25, 0.3) is 0 Å². The Balaban J connectivity index is 1.66. The second-order valence-corrected chi connectivity index (χ2v) is 15.2. The molecule has 0 spiro atoms. The third kappa shape index (κ3) is 5.12. The maximum absolute atomic E-state index is 12.4. The molecule has 0 aromatic heterocycles. The summed E-state index contributed by atoms with van der Waals surface area (Å²) in [5.41, 5.74) is 1.63. The van der Waals surface area contributed by atoms with Crippen molar-refractivity contribution in [1.82, 2.24) is 0 Å². The van der Waals surface area contributed by atoms with Crippen molar-refractivity contribution in [2.75, 3.05) is 25.7 Å². The number of amides is 1. The highest BCUT2D eigenvalue weighted by molar-refractivity contribution is 6.91. The van der Waals surface area contributed by atoms with Gasteiger partial charge in [-0.25, -0.2) is 0 Å². The van der Waals surface area contributed by atoms with Crippen molar-refractivity contribution < 1.29 is 33.6 Å². The van der Waals surface area contributed by atoms with Gasteiger partial charge in [0.15, 0.2) is 6.23 Å². The topological polar surface area (TPSA) is 94.5 Å². The number of rotatable bonds is 9. The van der Waals surface area contributed by atoms with Gasteiger partial charge in [0, 0.05) is 37.8 Å². The maximum atomic E-state index is 12.4. The number of hydrogen-bond acceptors (Lipinski definition) is 7. The minimum atomic E-state index is -2.12. The predicted molar refractivity (Wildman–Crippen MR) is 143 cm³/mol. The number of fused-ring (bicyclic) bond motifs is 1. The molecule has 1 fully saturated rings. The molecule has 2 aliphatic rings. The first kappa shape index (κ1) is 27.2. The molecule has 4 rings (SSSR count). The summed E-state index contributed by atoms with van der Waals surface area (Å²) < 4.78 is 23.3. The molecule has 1 saturated heterocycles. The van der Waals surface area contributed by atoms with E-state index in [0.29, 0.717) is 17.9 Å². The first-order chi connectivity index (χ1) is 17.6. The van der Waals surface area contributed by atoms with Gasteiger partial charge >= 0.3 is 5.97 Å². The lowest BCUT2D eigenvalue weighted by molar-refractivity contribution is -0.153. The van der Waals surface area contributed by atoms with Gasteiger partial charge in [-0.2, -0.15) is 0 Å². The van der Waals surface area contributed by atoms with Crippen LogP contribution in [0.5, 0.6) is 11.5 Å². The minimum Gasteiger partial charge on any atom is -0.497 e. The second kappa shape index (κ2) is 10.8. The van der Waals surface area contributed by atoms with Gasteiger partial charge in [0.05, 0.1) is 27.7 Å². The zero-order valence-corrected chi connectivity index (χ0v) is 23.4. The summed E-state index contributed by atoms with van der Waals surface area (Å²) in [5, 5.41) is 11.3. The molecule has 8 nitrogen and oxygen atoms in total. The number of anilines is 1. The lowest BCUT2D eigenvalue weighted by Gasteiger charge is -2.46. The van der Waals surface area contributed by atoms with Crippen molar-refractivity contribution in [2.45, 2.75) is 63.8 Å². The van der Waals surface area contributed by atoms with Gasteiger partial charge in [0.1, 0.15) is 17.6 Å². The number of nitrogens with zero attached hydrogens (tertiary/aromatic N) is 1. The SMILES string of the molecule is COc1ccc([Si](C)(C)C(CCO)[C@H]2Oc3ccc(N4C(=O)CC4OC(C)=O)cc3[C@@H](OC)[C@@H]2C)cc1. The Morgan fingerprint density at radius 2 is 1.89 bits per heavy atom. The average Bonchev–Trinajstić information content (AvgIpc) is 2.86. The van der Waals surface area contributed by atoms with Crippen LogP contribution < -0.4 is 19.6 Å². The van der Waals surface area contributed by atoms with E-state index in [1.54, 1.807) is 14.2 Å². The highest BCUT2D eigenvalue weighted by Gasteiger charge is 2.47. The molecule has 1 amide bonds. The number of esters is 1. The largest absolute Gasteiger partial charge is 0.497 e. The fraction of sp³-hybridized carbons (Fsp3) is 0.500. The molecule has 9 heteroatoms. The van der Waals surface area contributed by atoms with E-state index in [1.165, 1.54) is 17.0 Å². The quantitative estimate of drug-likeness (QED) is 0.301. The number of aliphatic hydroxyl groups is 1. The lowest BCUT2D eigenvalue weighted by Crippen LogP contribution is -2.55. The normalized spacial score (nSPS) is 24.0. The molecular weight excluding hydrogens is 490 g/mol. The van der Waals surface area contributed by atoms with Crippen LogP contribution in [-0.4, -0.2) is 58.2 Å². The summed E-state index contributed by atoms with van der Waals surface area (Å²) in [6.07, 6.45) is -0.231. The highest BCUT2D eigenvalue weighted by atomic mass is 28.3. The average molecular weight is 528 g/mol. The van der Waals surface area contributed by atoms with E-state index in [1.807, 2.05) is 30.3 Å². The second-order valence-electron chi connectivity index (χ2n) is 10.4. The fourth-order valence-corrected chi connectivity index (χ4v) is 9.31. The third-order valence-electron chi connectivity index (χ3n) is 7.90. The molecule has 2 aliphatic heterocycles. The van der Waals surface area contributed by atoms with E-state index in [4.69, 9.17) is 18.9 Å². The number of aliphatic hydroxyl groups excluding tert-OH is 1. The van der Waals surface area contributed by atoms with Gasteiger partial charge in [-0.1, -0.05) is 37.3 Å². The third-order valence-corrected chi connectivity index (χ3v) is 12.2. The number of benzene rings is 2. The predicted octanol–water partition coefficient (Wildman–Crippen LogP) is 3.77. The summed E-state index contributed by atoms with van der Waals surface area (Å²) in [5.74, 6) is 0.992. The van der Waals surface area contributed by atoms with Crippen molar-refractivity contribution in [3.8, 4) is 11.5 Å². The summed E-state index contributed by atoms with van der Waals surface area (Å²) in [4.78, 5) is 25.3. The molecule has 2 aromatic carbocycles. The number of ether oxygens (including phenoxy) is 4. The molecule has 1 N–H and O–H groups in total. The Hall–Kier alpha value is -2.88. The molecule has 37 heavy (non-hydrogen) atoms. The number of carbonyl (C=O) groups excluding carboxylic acids is 2. The van der Waals surface area contributed by atoms with Gasteiger partial charge in [-0.05, 0) is 42.3 Å². The van der Waals surface area contributed by atoms with Crippen LogP contribution in [-0.2, 0) is 19.1 Å². The van der Waals surface area contributed by atoms with Crippen LogP contribution >= 0.6 is 0 Å². The molecule has 2 heterocycles. The van der Waals surface area contributed by atoms with Crippen LogP contribution in [0.4, 0.5) is 5.69 Å². The van der Waals surface area contributed by atoms with Gasteiger partial charge in [0.2, 0.25) is 5.91 Å². The van der Waals surface area contributed by atoms with E-state index in [2.05, 4.69) is 32.2 Å². The van der Waals surface area contributed by atoms with Crippen molar-refractivity contribution in [2.24, 2.45) is 5.92 Å². The Kier molecular flexibility index (Phi) is 7.96. The minimum absolute atomic E-state index is 0.00863. The van der Waals surface area contributed by atoms with Crippen LogP contribution in [0.15, 0.2) is 42.5 Å². The zero-order valence-electron chi connectivity index (χ0n) is 22.4. The smallest absolute Gasteiger partial charge is 0.304 e. The lowest BCUT2D eigenvalue weighted by atomic mass is 9.86. The molecule has 0 radical (unpaired) electrons. The molecule has 200 valence electrons. The van der Waals surface area contributed by atoms with Crippen molar-refractivity contribution in [3.05, 3.63) is 48.0 Å². The fourth-order valence-electron chi connectivity index (χ4n) is 5.81. The van der Waals surface area contributed by atoms with Gasteiger partial charge in [-0.3, -0.25) is 14.5 Å². The van der Waals surface area contributed by atoms with E-state index in [0.717, 1.165) is 11.3 Å². The monoisotopic (exact) mass is 527 g/mol. The maximum Gasteiger partial charge on any atom is 0.304 e. The number of hydrogen-bond donors (Lipinski definition) is 1. The Morgan fingerprint density at radius 3 is 2.46 bits per heavy atom. The highest BCUT2D eigenvalue weighted by Crippen LogP contribution is 2.48. The molecule has 0 aliphatic carbocycles. The summed E-state index contributed by atoms with van der Waals surface area (Å²) in [6, 6.07) is 13.8. The Labute approximate surface area is 219 Å². The Bertz CT molecular complexity index is 1140. The number of methoxy groups -OCH3 is 2. The Morgan fingerprint density at radius 1 is 1.19 bits per heavy atom. The summed E-state index contributed by atoms with van der Waals surface area (Å²) >= 11 is 0. The van der Waals surface area contributed by atoms with E-state index < -0.39 is 20.3 Å². The van der Waals surface area contributed by atoms with Gasteiger partial charge in [0.25, 0.3) is 0 Å². The van der Waals surface area contributed by atoms with Crippen molar-refractivity contribution in [3.63, 3.8) is 0 Å². The molecule has 0 saturated carbocycles. The first-order valence-electron chi connectivity index (χ1n) is 12.7. The molecule has 2 unspecified atom stereocenters. The van der Waals surface area contributed by atoms with Gasteiger partial charge in [-0.15, -0.1) is 0 Å². The zero-order chi connectivity index (χ0) is 26.9. The van der Waals surface area contributed by atoms with E-state index in [-0.39, 0.29) is 42.6 Å². The van der Waals surface area contributed by atoms with Crippen molar-refractivity contribution >= 4 is 30.8 Å². The van der Waals surface area contributed by atoms with Gasteiger partial charge < -0.3 is 24.1 Å². The number of β-lactam (4-membered cyclic amide) rings is 1. The van der Waals surface area contributed by atoms with Crippen molar-refractivity contribution in [1.29, 1.82) is 0 Å². The van der Waals surface area contributed by atoms with Crippen LogP contribution in [0, 0.1) is 5.92 Å². The van der Waals surface area contributed by atoms with E-state index >= 15 is 0 Å². The molecule has 2 aromatic rings. The first-order valence-corrected chi connectivity index (χ1v) is 15.8. The van der Waals surface area contributed by atoms with Crippen LogP contribution in [0.2, 0.25) is 18.6 Å². The molecule has 5 atom stereocenters. The van der Waals surface area contributed by atoms with Crippen LogP contribution in [0.1, 0.15) is 38.4 Å². The summed E-state index contributed by atoms with van der Waals surface area (Å²) in [6.45, 7) is 8.16. The molecular formula is C28H37NO7Si. The van der Waals surface area contributed by atoms with E-state index in [9.17, 15) is 14.7 Å². The molecule has 0 bridgehead atoms. The summed E-state index contributed by atoms with van der Waals surface area (Å²) in [7, 11) is 1.23. The number of carbonyl (C=O) groups is 2. The van der Waals surface area contributed by atoms with Crippen LogP contribution in [0.3, 0.4) is 0 Å². The standard InChI is InChI=1S/C28H37NO7Si/c1-17-27(34-4)22-15-19(29-25(32)16-26(29)35-18(2)31)7-12-23(22)36-28(17)24(13-14-30)37(5,6)21-10-8-20(33-3)9-11-21/h7-12,15,17,24,26-28,30H,13-14,16H2,1-6H3/t17-,24?,26?,27-,28-/m0/s1.